The number of amides is 1. The Labute approximate surface area is 127 Å². The number of carbonyl (C=O) groups excluding carboxylic acids is 1. The van der Waals surface area contributed by atoms with Crippen molar-refractivity contribution in [1.29, 1.82) is 0 Å². The molecule has 0 bridgehead atoms. The van der Waals surface area contributed by atoms with E-state index in [0.29, 0.717) is 26.2 Å². The van der Waals surface area contributed by atoms with Crippen molar-refractivity contribution < 1.29 is 9.53 Å². The van der Waals surface area contributed by atoms with E-state index in [0.717, 1.165) is 18.7 Å². The number of nitrogens with one attached hydrogen (secondary N) is 1. The van der Waals surface area contributed by atoms with Gasteiger partial charge in [-0.1, -0.05) is 30.3 Å². The molecule has 5 nitrogen and oxygen atoms in total. The Kier molecular flexibility index (Phi) is 8.66. The molecule has 21 heavy (non-hydrogen) atoms. The highest BCUT2D eigenvalue weighted by Gasteiger charge is 2.13. The molecule has 1 rings (SSSR count). The third-order valence-electron chi connectivity index (χ3n) is 3.15. The van der Waals surface area contributed by atoms with E-state index in [1.165, 1.54) is 0 Å². The van der Waals surface area contributed by atoms with Gasteiger partial charge in [-0.25, -0.2) is 0 Å². The summed E-state index contributed by atoms with van der Waals surface area (Å²) >= 11 is 0. The van der Waals surface area contributed by atoms with Gasteiger partial charge in [0.15, 0.2) is 0 Å². The second-order valence-electron chi connectivity index (χ2n) is 5.27. The van der Waals surface area contributed by atoms with Crippen molar-refractivity contribution in [3.63, 3.8) is 0 Å². The summed E-state index contributed by atoms with van der Waals surface area (Å²) in [5.74, 6) is 0.122. The molecular formula is C16H27N3O2. The van der Waals surface area contributed by atoms with Gasteiger partial charge in [-0.3, -0.25) is 4.79 Å². The molecule has 1 amide bonds. The van der Waals surface area contributed by atoms with Crippen LogP contribution in [0.4, 0.5) is 0 Å². The number of rotatable bonds is 10. The molecule has 0 saturated heterocycles. The van der Waals surface area contributed by atoms with E-state index >= 15 is 0 Å². The van der Waals surface area contributed by atoms with Gasteiger partial charge in [0.2, 0.25) is 5.91 Å². The summed E-state index contributed by atoms with van der Waals surface area (Å²) in [4.78, 5) is 16.3. The maximum atomic E-state index is 12.3. The Balaban J connectivity index is 2.52. The molecule has 1 aromatic carbocycles. The van der Waals surface area contributed by atoms with E-state index in [4.69, 9.17) is 4.74 Å². The lowest BCUT2D eigenvalue weighted by molar-refractivity contribution is -0.131. The molecule has 0 fully saturated rings. The average molecular weight is 293 g/mol. The molecule has 0 atom stereocenters. The molecule has 1 N–H and O–H groups in total. The number of likely N-dealkylation sites (N-methyl/N-ethyl adjacent to an activating group) is 1. The fourth-order valence-electron chi connectivity index (χ4n) is 1.90. The van der Waals surface area contributed by atoms with Gasteiger partial charge < -0.3 is 19.9 Å². The normalized spacial score (nSPS) is 10.9. The van der Waals surface area contributed by atoms with Crippen molar-refractivity contribution in [2.75, 3.05) is 54.0 Å². The van der Waals surface area contributed by atoms with Crippen molar-refractivity contribution in [2.24, 2.45) is 0 Å². The van der Waals surface area contributed by atoms with Gasteiger partial charge in [-0.05, 0) is 19.7 Å². The topological polar surface area (TPSA) is 44.8 Å². The van der Waals surface area contributed by atoms with Gasteiger partial charge in [-0.15, -0.1) is 0 Å². The summed E-state index contributed by atoms with van der Waals surface area (Å²) in [6.45, 7) is 3.89. The predicted molar refractivity (Wildman–Crippen MR) is 85.2 cm³/mol. The molecule has 0 saturated carbocycles. The van der Waals surface area contributed by atoms with Crippen LogP contribution in [0.5, 0.6) is 0 Å². The van der Waals surface area contributed by atoms with Gasteiger partial charge in [0.25, 0.3) is 0 Å². The summed E-state index contributed by atoms with van der Waals surface area (Å²) in [5, 5.41) is 3.11. The fraction of sp³-hybridized carbons (Fsp3) is 0.562. The largest absolute Gasteiger partial charge is 0.383 e. The van der Waals surface area contributed by atoms with Crippen LogP contribution < -0.4 is 5.32 Å². The Hall–Kier alpha value is -1.43. The number of benzene rings is 1. The highest BCUT2D eigenvalue weighted by atomic mass is 16.5. The van der Waals surface area contributed by atoms with Gasteiger partial charge in [0.05, 0.1) is 13.2 Å². The van der Waals surface area contributed by atoms with Gasteiger partial charge in [-0.2, -0.15) is 0 Å². The van der Waals surface area contributed by atoms with Crippen LogP contribution in [-0.2, 0) is 16.1 Å². The lowest BCUT2D eigenvalue weighted by atomic mass is 10.2. The zero-order valence-corrected chi connectivity index (χ0v) is 13.3. The van der Waals surface area contributed by atoms with Gasteiger partial charge >= 0.3 is 0 Å². The summed E-state index contributed by atoms with van der Waals surface area (Å²) in [5.41, 5.74) is 1.15. The number of nitrogens with zero attached hydrogens (tertiary/aromatic N) is 2. The molecular weight excluding hydrogens is 266 g/mol. The number of carbonyl (C=O) groups is 1. The van der Waals surface area contributed by atoms with Crippen LogP contribution >= 0.6 is 0 Å². The lowest BCUT2D eigenvalue weighted by Crippen LogP contribution is -2.41. The molecule has 0 aliphatic heterocycles. The van der Waals surface area contributed by atoms with Crippen molar-refractivity contribution >= 4 is 5.91 Å². The zero-order chi connectivity index (χ0) is 15.5. The van der Waals surface area contributed by atoms with E-state index in [9.17, 15) is 4.79 Å². The molecule has 118 valence electrons. The first kappa shape index (κ1) is 17.6. The van der Waals surface area contributed by atoms with Crippen LogP contribution in [0.25, 0.3) is 0 Å². The second kappa shape index (κ2) is 10.3. The Morgan fingerprint density at radius 1 is 1.19 bits per heavy atom. The van der Waals surface area contributed by atoms with Gasteiger partial charge in [0.1, 0.15) is 0 Å². The third kappa shape index (κ3) is 7.80. The molecule has 0 aliphatic carbocycles. The van der Waals surface area contributed by atoms with Crippen LogP contribution in [0.3, 0.4) is 0 Å². The van der Waals surface area contributed by atoms with Crippen LogP contribution in [0.1, 0.15) is 5.56 Å². The summed E-state index contributed by atoms with van der Waals surface area (Å²) in [6.07, 6.45) is 0. The number of hydrogen-bond acceptors (Lipinski definition) is 4. The second-order valence-corrected chi connectivity index (χ2v) is 5.27. The molecule has 1 aromatic rings. The van der Waals surface area contributed by atoms with Crippen molar-refractivity contribution in [2.45, 2.75) is 6.54 Å². The Morgan fingerprint density at radius 3 is 2.52 bits per heavy atom. The van der Waals surface area contributed by atoms with Crippen LogP contribution in [0, 0.1) is 0 Å². The fourth-order valence-corrected chi connectivity index (χ4v) is 1.90. The SMILES string of the molecule is COCCNCC(=O)N(CCN(C)C)Cc1ccccc1. The van der Waals surface area contributed by atoms with E-state index in [-0.39, 0.29) is 5.91 Å². The predicted octanol–water partition coefficient (Wildman–Crippen LogP) is 0.813. The van der Waals surface area contributed by atoms with E-state index < -0.39 is 0 Å². The third-order valence-corrected chi connectivity index (χ3v) is 3.15. The molecule has 0 heterocycles. The monoisotopic (exact) mass is 293 g/mol. The first-order valence-electron chi connectivity index (χ1n) is 7.29. The lowest BCUT2D eigenvalue weighted by Gasteiger charge is -2.25. The molecule has 0 aliphatic rings. The van der Waals surface area contributed by atoms with Crippen molar-refractivity contribution in [1.82, 2.24) is 15.1 Å². The van der Waals surface area contributed by atoms with E-state index in [1.807, 2.05) is 49.3 Å². The minimum atomic E-state index is 0.122. The number of ether oxygens (including phenoxy) is 1. The highest BCUT2D eigenvalue weighted by molar-refractivity contribution is 5.78. The average Bonchev–Trinajstić information content (AvgIpc) is 2.48. The highest BCUT2D eigenvalue weighted by Crippen LogP contribution is 2.04. The molecule has 0 unspecified atom stereocenters. The van der Waals surface area contributed by atoms with Crippen LogP contribution in [0.15, 0.2) is 30.3 Å². The van der Waals surface area contributed by atoms with Gasteiger partial charge in [0, 0.05) is 33.3 Å². The van der Waals surface area contributed by atoms with Crippen molar-refractivity contribution in [3.05, 3.63) is 35.9 Å². The molecule has 5 heteroatoms. The standard InChI is InChI=1S/C16H27N3O2/c1-18(2)10-11-19(14-15-7-5-4-6-8-15)16(20)13-17-9-12-21-3/h4-8,17H,9-14H2,1-3H3. The summed E-state index contributed by atoms with van der Waals surface area (Å²) < 4.78 is 4.96. The van der Waals surface area contributed by atoms with E-state index in [1.54, 1.807) is 7.11 Å². The van der Waals surface area contributed by atoms with Crippen molar-refractivity contribution in [3.8, 4) is 0 Å². The summed E-state index contributed by atoms with van der Waals surface area (Å²) in [7, 11) is 5.69. The molecule has 0 radical (unpaired) electrons. The quantitative estimate of drug-likeness (QED) is 0.649. The maximum Gasteiger partial charge on any atom is 0.236 e. The molecule has 0 spiro atoms. The minimum absolute atomic E-state index is 0.122. The Morgan fingerprint density at radius 2 is 1.90 bits per heavy atom. The molecule has 0 aromatic heterocycles. The first-order valence-corrected chi connectivity index (χ1v) is 7.29. The Bertz CT molecular complexity index is 396. The van der Waals surface area contributed by atoms with Crippen LogP contribution in [0.2, 0.25) is 0 Å². The van der Waals surface area contributed by atoms with Crippen LogP contribution in [-0.4, -0.2) is 69.7 Å². The smallest absolute Gasteiger partial charge is 0.236 e. The minimum Gasteiger partial charge on any atom is -0.383 e. The first-order chi connectivity index (χ1) is 10.1. The van der Waals surface area contributed by atoms with E-state index in [2.05, 4.69) is 10.2 Å². The maximum absolute atomic E-state index is 12.3. The number of methoxy groups -OCH3 is 1. The number of hydrogen-bond donors (Lipinski definition) is 1. The zero-order valence-electron chi connectivity index (χ0n) is 13.3. The summed E-state index contributed by atoms with van der Waals surface area (Å²) in [6, 6.07) is 10.1.